The van der Waals surface area contributed by atoms with Gasteiger partial charge in [-0.15, -0.1) is 0 Å². The first kappa shape index (κ1) is 18.6. The molecule has 0 radical (unpaired) electrons. The van der Waals surface area contributed by atoms with Crippen LogP contribution in [-0.2, 0) is 18.2 Å². The Balaban J connectivity index is 1.74. The zero-order valence-electron chi connectivity index (χ0n) is 15.6. The molecule has 6 nitrogen and oxygen atoms in total. The molecule has 1 amide bonds. The molecule has 3 rings (SSSR count). The minimum atomic E-state index is -0.443. The van der Waals surface area contributed by atoms with Crippen LogP contribution in [0.2, 0.25) is 0 Å². The third-order valence-corrected chi connectivity index (χ3v) is 4.34. The van der Waals surface area contributed by atoms with E-state index < -0.39 is 6.09 Å². The van der Waals surface area contributed by atoms with E-state index in [9.17, 15) is 9.59 Å². The van der Waals surface area contributed by atoms with Crippen molar-refractivity contribution in [3.63, 3.8) is 0 Å². The lowest BCUT2D eigenvalue weighted by Crippen LogP contribution is -2.21. The van der Waals surface area contributed by atoms with Crippen molar-refractivity contribution in [1.29, 1.82) is 0 Å². The van der Waals surface area contributed by atoms with Crippen LogP contribution in [0.3, 0.4) is 0 Å². The van der Waals surface area contributed by atoms with Gasteiger partial charge in [0, 0.05) is 24.5 Å². The minimum Gasteiger partial charge on any atom is -0.449 e. The summed E-state index contributed by atoms with van der Waals surface area (Å²) in [5.74, 6) is 0. The number of rotatable bonds is 6. The van der Waals surface area contributed by atoms with Gasteiger partial charge in [-0.3, -0.25) is 10.1 Å². The van der Waals surface area contributed by atoms with Crippen LogP contribution in [0.25, 0.3) is 10.8 Å². The molecule has 0 unspecified atom stereocenters. The maximum Gasteiger partial charge on any atom is 0.411 e. The summed E-state index contributed by atoms with van der Waals surface area (Å²) in [6, 6.07) is 15.0. The monoisotopic (exact) mass is 365 g/mol. The zero-order chi connectivity index (χ0) is 19.2. The average molecular weight is 365 g/mol. The van der Waals surface area contributed by atoms with Crippen LogP contribution in [0.4, 0.5) is 10.5 Å². The van der Waals surface area contributed by atoms with Crippen LogP contribution in [0, 0.1) is 0 Å². The van der Waals surface area contributed by atoms with Crippen LogP contribution >= 0.6 is 0 Å². The molecule has 1 N–H and O–H groups in total. The smallest absolute Gasteiger partial charge is 0.411 e. The van der Waals surface area contributed by atoms with Crippen molar-refractivity contribution in [2.75, 3.05) is 11.9 Å². The Morgan fingerprint density at radius 3 is 2.52 bits per heavy atom. The number of anilines is 1. The van der Waals surface area contributed by atoms with E-state index in [2.05, 4.69) is 10.4 Å². The fourth-order valence-electron chi connectivity index (χ4n) is 2.87. The lowest BCUT2D eigenvalue weighted by molar-refractivity contribution is 0.160. The molecule has 0 aliphatic carbocycles. The summed E-state index contributed by atoms with van der Waals surface area (Å²) < 4.78 is 6.47. The van der Waals surface area contributed by atoms with Crippen molar-refractivity contribution in [3.05, 3.63) is 70.1 Å². The number of unbranched alkanes of at least 4 members (excludes halogenated alkanes) is 1. The Bertz CT molecular complexity index is 994. The number of hydrogen-bond acceptors (Lipinski definition) is 4. The summed E-state index contributed by atoms with van der Waals surface area (Å²) in [5.41, 5.74) is 2.46. The molecule has 140 valence electrons. The minimum absolute atomic E-state index is 0.101. The predicted octanol–water partition coefficient (Wildman–Crippen LogP) is 3.87. The van der Waals surface area contributed by atoms with Gasteiger partial charge in [-0.1, -0.05) is 43.7 Å². The quantitative estimate of drug-likeness (QED) is 0.673. The number of carbonyl (C=O) groups is 1. The summed E-state index contributed by atoms with van der Waals surface area (Å²) in [4.78, 5) is 23.9. The van der Waals surface area contributed by atoms with Crippen LogP contribution in [-0.4, -0.2) is 22.5 Å². The average Bonchev–Trinajstić information content (AvgIpc) is 2.67. The third kappa shape index (κ3) is 4.53. The Hall–Kier alpha value is -3.15. The third-order valence-electron chi connectivity index (χ3n) is 4.34. The molecule has 27 heavy (non-hydrogen) atoms. The van der Waals surface area contributed by atoms with Crippen LogP contribution in [0.15, 0.2) is 53.3 Å². The van der Waals surface area contributed by atoms with Gasteiger partial charge < -0.3 is 4.74 Å². The lowest BCUT2D eigenvalue weighted by atomic mass is 10.0. The second kappa shape index (κ2) is 8.49. The van der Waals surface area contributed by atoms with E-state index in [0.29, 0.717) is 24.1 Å². The number of aromatic nitrogens is 2. The number of carbonyl (C=O) groups excluding carboxylic acids is 1. The highest BCUT2D eigenvalue weighted by Crippen LogP contribution is 2.18. The number of aryl methyl sites for hydroxylation is 1. The van der Waals surface area contributed by atoms with Crippen molar-refractivity contribution in [2.24, 2.45) is 7.05 Å². The Kier molecular flexibility index (Phi) is 5.86. The first-order chi connectivity index (χ1) is 13.1. The molecule has 0 aliphatic heterocycles. The molecular weight excluding hydrogens is 342 g/mol. The molecule has 2 aromatic carbocycles. The van der Waals surface area contributed by atoms with Crippen molar-refractivity contribution in [3.8, 4) is 0 Å². The fourth-order valence-corrected chi connectivity index (χ4v) is 2.87. The van der Waals surface area contributed by atoms with E-state index in [0.717, 1.165) is 29.5 Å². The highest BCUT2D eigenvalue weighted by atomic mass is 16.5. The Labute approximate surface area is 157 Å². The molecule has 0 saturated heterocycles. The summed E-state index contributed by atoms with van der Waals surface area (Å²) in [6.07, 6.45) is 1.99. The number of benzene rings is 2. The highest BCUT2D eigenvalue weighted by molar-refractivity contribution is 5.85. The number of nitrogens with zero attached hydrogens (tertiary/aromatic N) is 2. The van der Waals surface area contributed by atoms with Gasteiger partial charge in [0.15, 0.2) is 0 Å². The van der Waals surface area contributed by atoms with E-state index in [1.165, 1.54) is 4.68 Å². The van der Waals surface area contributed by atoms with Crippen molar-refractivity contribution in [2.45, 2.75) is 26.2 Å². The van der Waals surface area contributed by atoms with E-state index in [1.807, 2.05) is 55.5 Å². The van der Waals surface area contributed by atoms with Gasteiger partial charge in [0.2, 0.25) is 0 Å². The van der Waals surface area contributed by atoms with E-state index in [4.69, 9.17) is 4.74 Å². The lowest BCUT2D eigenvalue weighted by Gasteiger charge is -2.09. The van der Waals surface area contributed by atoms with Gasteiger partial charge in [-0.2, -0.15) is 5.10 Å². The predicted molar refractivity (Wildman–Crippen MR) is 106 cm³/mol. The summed E-state index contributed by atoms with van der Waals surface area (Å²) >= 11 is 0. The normalized spacial score (nSPS) is 10.7. The molecule has 1 aromatic heterocycles. The molecule has 0 fully saturated rings. The van der Waals surface area contributed by atoms with Crippen molar-refractivity contribution in [1.82, 2.24) is 9.78 Å². The zero-order valence-corrected chi connectivity index (χ0v) is 15.6. The van der Waals surface area contributed by atoms with Gasteiger partial charge >= 0.3 is 6.09 Å². The first-order valence-electron chi connectivity index (χ1n) is 9.06. The maximum absolute atomic E-state index is 12.2. The second-order valence-electron chi connectivity index (χ2n) is 6.41. The second-order valence-corrected chi connectivity index (χ2v) is 6.41. The summed E-state index contributed by atoms with van der Waals surface area (Å²) in [7, 11) is 1.66. The van der Waals surface area contributed by atoms with Gasteiger partial charge in [-0.05, 0) is 30.2 Å². The highest BCUT2D eigenvalue weighted by Gasteiger charge is 2.09. The Morgan fingerprint density at radius 1 is 1.11 bits per heavy atom. The fraction of sp³-hybridized carbons (Fsp3) is 0.286. The van der Waals surface area contributed by atoms with Crippen LogP contribution < -0.4 is 10.9 Å². The number of amides is 1. The van der Waals surface area contributed by atoms with Gasteiger partial charge in [0.1, 0.15) is 0 Å². The standard InChI is InChI=1S/C21H23N3O3/c1-3-4-13-27-21(26)22-16-11-9-15(10-12-16)14-19-17-7-5-6-8-18(17)20(25)24(2)23-19/h5-12H,3-4,13-14H2,1-2H3,(H,22,26). The van der Waals surface area contributed by atoms with Crippen molar-refractivity contribution < 1.29 is 9.53 Å². The number of hydrogen-bond donors (Lipinski definition) is 1. The molecule has 1 heterocycles. The van der Waals surface area contributed by atoms with Gasteiger partial charge in [0.25, 0.3) is 5.56 Å². The molecule has 0 saturated carbocycles. The van der Waals surface area contributed by atoms with E-state index in [1.54, 1.807) is 7.05 Å². The first-order valence-corrected chi connectivity index (χ1v) is 9.06. The molecule has 0 spiro atoms. The maximum atomic E-state index is 12.2. The van der Waals surface area contributed by atoms with Crippen molar-refractivity contribution >= 4 is 22.6 Å². The molecular formula is C21H23N3O3. The molecule has 0 atom stereocenters. The van der Waals surface area contributed by atoms with Gasteiger partial charge in [-0.25, -0.2) is 9.48 Å². The number of ether oxygens (including phenoxy) is 1. The molecule has 0 aliphatic rings. The molecule has 0 bridgehead atoms. The van der Waals surface area contributed by atoms with E-state index in [-0.39, 0.29) is 5.56 Å². The SMILES string of the molecule is CCCCOC(=O)Nc1ccc(Cc2nn(C)c(=O)c3ccccc23)cc1. The number of fused-ring (bicyclic) bond motifs is 1. The van der Waals surface area contributed by atoms with E-state index >= 15 is 0 Å². The summed E-state index contributed by atoms with van der Waals surface area (Å²) in [6.45, 7) is 2.47. The largest absolute Gasteiger partial charge is 0.449 e. The topological polar surface area (TPSA) is 73.2 Å². The van der Waals surface area contributed by atoms with Gasteiger partial charge in [0.05, 0.1) is 17.7 Å². The molecule has 6 heteroatoms. The molecule has 3 aromatic rings. The van der Waals surface area contributed by atoms with Crippen LogP contribution in [0.5, 0.6) is 0 Å². The summed E-state index contributed by atoms with van der Waals surface area (Å²) in [5, 5.41) is 8.67. The van der Waals surface area contributed by atoms with Crippen LogP contribution in [0.1, 0.15) is 31.0 Å². The number of nitrogens with one attached hydrogen (secondary N) is 1. The Morgan fingerprint density at radius 2 is 1.81 bits per heavy atom.